The summed E-state index contributed by atoms with van der Waals surface area (Å²) < 4.78 is 0.746. The van der Waals surface area contributed by atoms with E-state index in [1.54, 1.807) is 6.07 Å². The van der Waals surface area contributed by atoms with E-state index in [0.29, 0.717) is 12.6 Å². The number of halogens is 1. The van der Waals surface area contributed by atoms with Crippen LogP contribution in [0.3, 0.4) is 0 Å². The maximum Gasteiger partial charge on any atom is 0.270 e. The third kappa shape index (κ3) is 3.07. The molecule has 0 bridgehead atoms. The average molecular weight is 314 g/mol. The maximum atomic E-state index is 10.8. The summed E-state index contributed by atoms with van der Waals surface area (Å²) in [4.78, 5) is 12.7. The molecule has 1 aliphatic heterocycles. The number of benzene rings is 1. The Balaban J connectivity index is 2.16. The Morgan fingerprint density at radius 2 is 2.28 bits per heavy atom. The van der Waals surface area contributed by atoms with Crippen LogP contribution in [0.2, 0.25) is 0 Å². The van der Waals surface area contributed by atoms with Crippen LogP contribution in [0.1, 0.15) is 18.4 Å². The van der Waals surface area contributed by atoms with Gasteiger partial charge < -0.3 is 5.73 Å². The van der Waals surface area contributed by atoms with E-state index >= 15 is 0 Å². The first-order valence-corrected chi connectivity index (χ1v) is 6.77. The topological polar surface area (TPSA) is 72.4 Å². The van der Waals surface area contributed by atoms with Gasteiger partial charge in [0.25, 0.3) is 5.69 Å². The predicted octanol–water partition coefficient (Wildman–Crippen LogP) is 2.28. The van der Waals surface area contributed by atoms with Crippen LogP contribution in [0, 0.1) is 10.1 Å². The minimum atomic E-state index is -0.362. The number of nitro benzene ring substituents is 1. The van der Waals surface area contributed by atoms with E-state index in [4.69, 9.17) is 5.73 Å². The Kier molecular flexibility index (Phi) is 4.31. The molecule has 5 nitrogen and oxygen atoms in total. The zero-order valence-electron chi connectivity index (χ0n) is 10.0. The van der Waals surface area contributed by atoms with Gasteiger partial charge in [-0.1, -0.05) is 15.9 Å². The lowest BCUT2D eigenvalue weighted by Gasteiger charge is -2.23. The van der Waals surface area contributed by atoms with E-state index in [-0.39, 0.29) is 10.6 Å². The molecule has 0 aliphatic carbocycles. The zero-order chi connectivity index (χ0) is 13.1. The SMILES string of the molecule is NCC1CCCN1Cc1cc(Br)cc([N+](=O)[O-])c1. The quantitative estimate of drug-likeness (QED) is 0.683. The second kappa shape index (κ2) is 5.77. The van der Waals surface area contributed by atoms with Crippen molar-refractivity contribution in [2.75, 3.05) is 13.1 Å². The summed E-state index contributed by atoms with van der Waals surface area (Å²) in [5.41, 5.74) is 6.81. The molecule has 2 N–H and O–H groups in total. The first-order chi connectivity index (χ1) is 8.60. The summed E-state index contributed by atoms with van der Waals surface area (Å²) >= 11 is 3.32. The van der Waals surface area contributed by atoms with Crippen molar-refractivity contribution in [2.45, 2.75) is 25.4 Å². The first kappa shape index (κ1) is 13.5. The standard InChI is InChI=1S/C12H16BrN3O2/c13-10-4-9(5-12(6-10)16(17)18)8-15-3-1-2-11(15)7-14/h4-6,11H,1-3,7-8,14H2. The number of nitrogens with zero attached hydrogens (tertiary/aromatic N) is 2. The summed E-state index contributed by atoms with van der Waals surface area (Å²) in [6, 6.07) is 5.49. The Labute approximate surface area is 114 Å². The molecular weight excluding hydrogens is 298 g/mol. The normalized spacial score (nSPS) is 20.2. The Bertz CT molecular complexity index is 453. The number of non-ortho nitro benzene ring substituents is 1. The molecule has 0 amide bonds. The minimum Gasteiger partial charge on any atom is -0.329 e. The van der Waals surface area contributed by atoms with Gasteiger partial charge in [0.1, 0.15) is 0 Å². The van der Waals surface area contributed by atoms with Crippen molar-refractivity contribution in [3.05, 3.63) is 38.3 Å². The molecule has 1 fully saturated rings. The van der Waals surface area contributed by atoms with Crippen molar-refractivity contribution < 1.29 is 4.92 Å². The number of hydrogen-bond donors (Lipinski definition) is 1. The van der Waals surface area contributed by atoms with Gasteiger partial charge in [0.2, 0.25) is 0 Å². The summed E-state index contributed by atoms with van der Waals surface area (Å²) in [5, 5.41) is 10.8. The van der Waals surface area contributed by atoms with Gasteiger partial charge in [-0.25, -0.2) is 0 Å². The highest BCUT2D eigenvalue weighted by molar-refractivity contribution is 9.10. The molecule has 18 heavy (non-hydrogen) atoms. The van der Waals surface area contributed by atoms with E-state index < -0.39 is 0 Å². The van der Waals surface area contributed by atoms with Crippen LogP contribution < -0.4 is 5.73 Å². The molecule has 1 heterocycles. The van der Waals surface area contributed by atoms with Gasteiger partial charge in [-0.15, -0.1) is 0 Å². The van der Waals surface area contributed by atoms with Gasteiger partial charge in [0.05, 0.1) is 4.92 Å². The van der Waals surface area contributed by atoms with E-state index in [2.05, 4.69) is 20.8 Å². The molecule has 1 saturated heterocycles. The zero-order valence-corrected chi connectivity index (χ0v) is 11.6. The molecule has 2 rings (SSSR count). The van der Waals surface area contributed by atoms with Crippen molar-refractivity contribution >= 4 is 21.6 Å². The number of nitro groups is 1. The number of rotatable bonds is 4. The summed E-state index contributed by atoms with van der Waals surface area (Å²) in [5.74, 6) is 0. The van der Waals surface area contributed by atoms with Gasteiger partial charge in [0.15, 0.2) is 0 Å². The Morgan fingerprint density at radius 1 is 1.50 bits per heavy atom. The fourth-order valence-corrected chi connectivity index (χ4v) is 2.96. The van der Waals surface area contributed by atoms with Crippen LogP contribution in [-0.4, -0.2) is 29.0 Å². The molecule has 1 aromatic rings. The van der Waals surface area contributed by atoms with E-state index in [1.165, 1.54) is 6.07 Å². The van der Waals surface area contributed by atoms with Crippen LogP contribution in [-0.2, 0) is 6.54 Å². The van der Waals surface area contributed by atoms with Gasteiger partial charge >= 0.3 is 0 Å². The average Bonchev–Trinajstić information content (AvgIpc) is 2.75. The molecule has 1 aromatic carbocycles. The molecule has 0 aromatic heterocycles. The predicted molar refractivity (Wildman–Crippen MR) is 73.3 cm³/mol. The van der Waals surface area contributed by atoms with Crippen molar-refractivity contribution in [1.29, 1.82) is 0 Å². The van der Waals surface area contributed by atoms with Crippen LogP contribution in [0.4, 0.5) is 5.69 Å². The van der Waals surface area contributed by atoms with Gasteiger partial charge in [-0.3, -0.25) is 15.0 Å². The van der Waals surface area contributed by atoms with Crippen molar-refractivity contribution in [3.8, 4) is 0 Å². The molecule has 0 radical (unpaired) electrons. The second-order valence-corrected chi connectivity index (χ2v) is 5.49. The molecule has 98 valence electrons. The third-order valence-corrected chi connectivity index (χ3v) is 3.77. The van der Waals surface area contributed by atoms with Crippen LogP contribution >= 0.6 is 15.9 Å². The van der Waals surface area contributed by atoms with Crippen molar-refractivity contribution in [2.24, 2.45) is 5.73 Å². The minimum absolute atomic E-state index is 0.128. The highest BCUT2D eigenvalue weighted by atomic mass is 79.9. The molecule has 1 unspecified atom stereocenters. The summed E-state index contributed by atoms with van der Waals surface area (Å²) in [6.45, 7) is 2.39. The molecule has 1 aliphatic rings. The first-order valence-electron chi connectivity index (χ1n) is 5.98. The molecule has 0 saturated carbocycles. The van der Waals surface area contributed by atoms with Gasteiger partial charge in [-0.05, 0) is 31.0 Å². The fourth-order valence-electron chi connectivity index (χ4n) is 2.43. The van der Waals surface area contributed by atoms with Crippen molar-refractivity contribution in [1.82, 2.24) is 4.90 Å². The summed E-state index contributed by atoms with van der Waals surface area (Å²) in [7, 11) is 0. The molecule has 0 spiro atoms. The van der Waals surface area contributed by atoms with E-state index in [0.717, 1.165) is 36.0 Å². The number of nitrogens with two attached hydrogens (primary N) is 1. The highest BCUT2D eigenvalue weighted by Crippen LogP contribution is 2.25. The van der Waals surface area contributed by atoms with Crippen LogP contribution in [0.15, 0.2) is 22.7 Å². The Morgan fingerprint density at radius 3 is 2.94 bits per heavy atom. The largest absolute Gasteiger partial charge is 0.329 e. The smallest absolute Gasteiger partial charge is 0.270 e. The second-order valence-electron chi connectivity index (χ2n) is 4.58. The highest BCUT2D eigenvalue weighted by Gasteiger charge is 2.23. The van der Waals surface area contributed by atoms with Crippen LogP contribution in [0.25, 0.3) is 0 Å². The lowest BCUT2D eigenvalue weighted by atomic mass is 10.1. The number of likely N-dealkylation sites (tertiary alicyclic amines) is 1. The monoisotopic (exact) mass is 313 g/mol. The lowest BCUT2D eigenvalue weighted by molar-refractivity contribution is -0.385. The van der Waals surface area contributed by atoms with Crippen LogP contribution in [0.5, 0.6) is 0 Å². The van der Waals surface area contributed by atoms with Gasteiger partial charge in [0, 0.05) is 35.7 Å². The fraction of sp³-hybridized carbons (Fsp3) is 0.500. The summed E-state index contributed by atoms with van der Waals surface area (Å²) in [6.07, 6.45) is 2.27. The number of hydrogen-bond acceptors (Lipinski definition) is 4. The van der Waals surface area contributed by atoms with E-state index in [9.17, 15) is 10.1 Å². The maximum absolute atomic E-state index is 10.8. The molecule has 1 atom stereocenters. The Hall–Kier alpha value is -0.980. The molecular formula is C12H16BrN3O2. The third-order valence-electron chi connectivity index (χ3n) is 3.31. The van der Waals surface area contributed by atoms with Gasteiger partial charge in [-0.2, -0.15) is 0 Å². The lowest BCUT2D eigenvalue weighted by Crippen LogP contribution is -2.34. The van der Waals surface area contributed by atoms with Crippen molar-refractivity contribution in [3.63, 3.8) is 0 Å². The molecule has 6 heteroatoms. The van der Waals surface area contributed by atoms with E-state index in [1.807, 2.05) is 6.07 Å².